The summed E-state index contributed by atoms with van der Waals surface area (Å²) in [5.41, 5.74) is 0.129. The zero-order chi connectivity index (χ0) is 17.9. The molecule has 3 aromatic rings. The van der Waals surface area contributed by atoms with Crippen LogP contribution in [0.2, 0.25) is 5.15 Å². The summed E-state index contributed by atoms with van der Waals surface area (Å²) in [6.45, 7) is 0.372. The van der Waals surface area contributed by atoms with Crippen LogP contribution in [0.4, 0.5) is 13.2 Å². The Morgan fingerprint density at radius 1 is 0.920 bits per heavy atom. The molecule has 0 unspecified atom stereocenters. The van der Waals surface area contributed by atoms with Crippen molar-refractivity contribution in [2.24, 2.45) is 0 Å². The maximum Gasteiger partial charge on any atom is 0.435 e. The van der Waals surface area contributed by atoms with Gasteiger partial charge in [-0.25, -0.2) is 0 Å². The first kappa shape index (κ1) is 17.2. The van der Waals surface area contributed by atoms with Gasteiger partial charge >= 0.3 is 6.18 Å². The maximum absolute atomic E-state index is 13.1. The van der Waals surface area contributed by atoms with Crippen LogP contribution in [-0.2, 0) is 12.8 Å². The number of ether oxygens (including phenoxy) is 1. The monoisotopic (exact) mass is 364 g/mol. The Hall–Kier alpha value is -2.60. The highest BCUT2D eigenvalue weighted by molar-refractivity contribution is 6.29. The summed E-state index contributed by atoms with van der Waals surface area (Å²) in [7, 11) is 0. The van der Waals surface area contributed by atoms with Gasteiger partial charge in [0.2, 0.25) is 0 Å². The molecule has 2 aromatic carbocycles. The molecule has 7 heteroatoms. The number of nitrogens with zero attached hydrogens (tertiary/aromatic N) is 2. The Morgan fingerprint density at radius 3 is 2.24 bits per heavy atom. The lowest BCUT2D eigenvalue weighted by molar-refractivity contribution is -0.141. The maximum atomic E-state index is 13.1. The minimum absolute atomic E-state index is 0.104. The molecule has 0 bridgehead atoms. The molecule has 25 heavy (non-hydrogen) atoms. The molecule has 3 rings (SSSR count). The first-order valence-electron chi connectivity index (χ1n) is 7.31. The van der Waals surface area contributed by atoms with Gasteiger partial charge in [-0.3, -0.25) is 0 Å². The predicted molar refractivity (Wildman–Crippen MR) is 88.3 cm³/mol. The van der Waals surface area contributed by atoms with Crippen molar-refractivity contribution in [3.8, 4) is 16.9 Å². The van der Waals surface area contributed by atoms with Gasteiger partial charge in [-0.05, 0) is 29.3 Å². The Labute approximate surface area is 147 Å². The van der Waals surface area contributed by atoms with E-state index in [0.717, 1.165) is 11.6 Å². The molecule has 0 amide bonds. The largest absolute Gasteiger partial charge is 0.489 e. The molecule has 0 N–H and O–H groups in total. The fraction of sp³-hybridized carbons (Fsp3) is 0.111. The lowest BCUT2D eigenvalue weighted by Gasteiger charge is -2.12. The van der Waals surface area contributed by atoms with E-state index in [1.807, 2.05) is 30.3 Å². The average molecular weight is 365 g/mol. The van der Waals surface area contributed by atoms with Gasteiger partial charge in [0, 0.05) is 5.56 Å². The van der Waals surface area contributed by atoms with Gasteiger partial charge in [-0.1, -0.05) is 54.1 Å². The Kier molecular flexibility index (Phi) is 4.90. The van der Waals surface area contributed by atoms with Crippen molar-refractivity contribution >= 4 is 11.6 Å². The van der Waals surface area contributed by atoms with E-state index < -0.39 is 11.9 Å². The van der Waals surface area contributed by atoms with Gasteiger partial charge in [0.1, 0.15) is 12.4 Å². The summed E-state index contributed by atoms with van der Waals surface area (Å²) in [6.07, 6.45) is -4.62. The second kappa shape index (κ2) is 7.11. The van der Waals surface area contributed by atoms with E-state index in [1.165, 1.54) is 12.1 Å². The summed E-state index contributed by atoms with van der Waals surface area (Å²) in [5.74, 6) is 0.550. The second-order valence-electron chi connectivity index (χ2n) is 5.23. The summed E-state index contributed by atoms with van der Waals surface area (Å²) in [4.78, 5) is 0. The zero-order valence-electron chi connectivity index (χ0n) is 12.8. The molecular weight excluding hydrogens is 353 g/mol. The van der Waals surface area contributed by atoms with Crippen molar-refractivity contribution in [2.45, 2.75) is 12.8 Å². The zero-order valence-corrected chi connectivity index (χ0v) is 13.6. The Morgan fingerprint density at radius 2 is 1.60 bits per heavy atom. The molecule has 3 nitrogen and oxygen atoms in total. The average Bonchev–Trinajstić information content (AvgIpc) is 2.60. The molecular formula is C18H12ClF3N2O. The van der Waals surface area contributed by atoms with Crippen LogP contribution >= 0.6 is 11.6 Å². The van der Waals surface area contributed by atoms with E-state index in [1.54, 1.807) is 12.1 Å². The van der Waals surface area contributed by atoms with Crippen molar-refractivity contribution in [3.63, 3.8) is 0 Å². The molecule has 1 heterocycles. The Bertz CT molecular complexity index is 852. The predicted octanol–water partition coefficient (Wildman–Crippen LogP) is 5.39. The van der Waals surface area contributed by atoms with E-state index in [4.69, 9.17) is 16.3 Å². The molecule has 0 saturated carbocycles. The molecule has 0 aliphatic heterocycles. The minimum Gasteiger partial charge on any atom is -0.489 e. The van der Waals surface area contributed by atoms with E-state index in [9.17, 15) is 13.2 Å². The molecule has 0 atom stereocenters. The fourth-order valence-electron chi connectivity index (χ4n) is 2.27. The third-order valence-electron chi connectivity index (χ3n) is 3.45. The van der Waals surface area contributed by atoms with Crippen molar-refractivity contribution in [2.75, 3.05) is 0 Å². The molecule has 0 fully saturated rings. The van der Waals surface area contributed by atoms with Gasteiger partial charge in [-0.15, -0.1) is 10.2 Å². The van der Waals surface area contributed by atoms with Gasteiger partial charge in [0.05, 0.1) is 0 Å². The van der Waals surface area contributed by atoms with Gasteiger partial charge < -0.3 is 4.74 Å². The van der Waals surface area contributed by atoms with Crippen LogP contribution in [-0.4, -0.2) is 10.2 Å². The highest BCUT2D eigenvalue weighted by Crippen LogP contribution is 2.36. The fourth-order valence-corrected chi connectivity index (χ4v) is 2.42. The summed E-state index contributed by atoms with van der Waals surface area (Å²) in [5, 5.41) is 6.36. The first-order valence-corrected chi connectivity index (χ1v) is 7.69. The van der Waals surface area contributed by atoms with Crippen LogP contribution in [0.15, 0.2) is 60.7 Å². The van der Waals surface area contributed by atoms with Gasteiger partial charge in [0.25, 0.3) is 0 Å². The number of rotatable bonds is 4. The first-order chi connectivity index (χ1) is 11.9. The number of hydrogen-bond donors (Lipinski definition) is 0. The van der Waals surface area contributed by atoms with Crippen LogP contribution in [0.25, 0.3) is 11.1 Å². The standard InChI is InChI=1S/C18H12ClF3N2O/c19-16-10-15(17(24-23-16)18(20,21)22)13-6-8-14(9-7-13)25-11-12-4-2-1-3-5-12/h1-10H,11H2. The Balaban J connectivity index is 1.82. The van der Waals surface area contributed by atoms with Crippen LogP contribution < -0.4 is 4.74 Å². The van der Waals surface area contributed by atoms with Crippen LogP contribution in [0, 0.1) is 0 Å². The molecule has 0 radical (unpaired) electrons. The smallest absolute Gasteiger partial charge is 0.435 e. The second-order valence-corrected chi connectivity index (χ2v) is 5.61. The number of hydrogen-bond acceptors (Lipinski definition) is 3. The third-order valence-corrected chi connectivity index (χ3v) is 3.63. The van der Waals surface area contributed by atoms with Crippen molar-refractivity contribution < 1.29 is 17.9 Å². The summed E-state index contributed by atoms with van der Waals surface area (Å²) >= 11 is 5.70. The van der Waals surface area contributed by atoms with Gasteiger partial charge in [-0.2, -0.15) is 13.2 Å². The molecule has 1 aromatic heterocycles. The SMILES string of the molecule is FC(F)(F)c1nnc(Cl)cc1-c1ccc(OCc2ccccc2)cc1. The van der Waals surface area contributed by atoms with Crippen molar-refractivity contribution in [3.05, 3.63) is 77.1 Å². The van der Waals surface area contributed by atoms with Crippen LogP contribution in [0.1, 0.15) is 11.3 Å². The minimum atomic E-state index is -4.62. The molecule has 0 aliphatic rings. The van der Waals surface area contributed by atoms with E-state index in [2.05, 4.69) is 10.2 Å². The number of aromatic nitrogens is 2. The lowest BCUT2D eigenvalue weighted by atomic mass is 10.0. The summed E-state index contributed by atoms with van der Waals surface area (Å²) in [6, 6.07) is 17.0. The van der Waals surface area contributed by atoms with E-state index >= 15 is 0 Å². The molecule has 0 saturated heterocycles. The topological polar surface area (TPSA) is 35.0 Å². The van der Waals surface area contributed by atoms with Crippen molar-refractivity contribution in [1.82, 2.24) is 10.2 Å². The third kappa shape index (κ3) is 4.28. The number of benzene rings is 2. The highest BCUT2D eigenvalue weighted by Gasteiger charge is 2.36. The quantitative estimate of drug-likeness (QED) is 0.622. The normalized spacial score (nSPS) is 11.4. The number of alkyl halides is 3. The highest BCUT2D eigenvalue weighted by atomic mass is 35.5. The molecule has 0 spiro atoms. The van der Waals surface area contributed by atoms with Crippen LogP contribution in [0.3, 0.4) is 0 Å². The number of halogens is 4. The van der Waals surface area contributed by atoms with E-state index in [-0.39, 0.29) is 10.7 Å². The molecule has 128 valence electrons. The summed E-state index contributed by atoms with van der Waals surface area (Å²) < 4.78 is 44.9. The van der Waals surface area contributed by atoms with Gasteiger partial charge in [0.15, 0.2) is 10.8 Å². The van der Waals surface area contributed by atoms with E-state index in [0.29, 0.717) is 17.9 Å². The van der Waals surface area contributed by atoms with Crippen LogP contribution in [0.5, 0.6) is 5.75 Å². The van der Waals surface area contributed by atoms with Crippen molar-refractivity contribution in [1.29, 1.82) is 0 Å². The molecule has 0 aliphatic carbocycles. The lowest BCUT2D eigenvalue weighted by Crippen LogP contribution is -2.11.